The van der Waals surface area contributed by atoms with E-state index in [9.17, 15) is 4.79 Å². The van der Waals surface area contributed by atoms with Crippen molar-refractivity contribution in [1.82, 2.24) is 10.2 Å². The van der Waals surface area contributed by atoms with Gasteiger partial charge in [-0.3, -0.25) is 4.79 Å². The summed E-state index contributed by atoms with van der Waals surface area (Å²) < 4.78 is 0. The largest absolute Gasteiger partial charge is 0.399 e. The first-order chi connectivity index (χ1) is 11.2. The van der Waals surface area contributed by atoms with Gasteiger partial charge in [0.05, 0.1) is 0 Å². The SMILES string of the molecule is Cl.Cl.Nc1ccccc1CCC(=O)NC1CCN(C2CCCC2)CC1. The fourth-order valence-corrected chi connectivity index (χ4v) is 3.99. The van der Waals surface area contributed by atoms with Crippen molar-refractivity contribution in [2.45, 2.75) is 63.5 Å². The summed E-state index contributed by atoms with van der Waals surface area (Å²) >= 11 is 0. The molecule has 0 aromatic heterocycles. The molecule has 142 valence electrons. The highest BCUT2D eigenvalue weighted by Gasteiger charge is 2.27. The molecule has 1 saturated carbocycles. The van der Waals surface area contributed by atoms with Crippen molar-refractivity contribution in [1.29, 1.82) is 0 Å². The predicted octanol–water partition coefficient (Wildman–Crippen LogP) is 3.57. The van der Waals surface area contributed by atoms with Gasteiger partial charge in [0.2, 0.25) is 5.91 Å². The second-order valence-electron chi connectivity index (χ2n) is 7.01. The predicted molar refractivity (Wildman–Crippen MR) is 109 cm³/mol. The first-order valence-corrected chi connectivity index (χ1v) is 9.09. The number of amides is 1. The number of hydrogen-bond donors (Lipinski definition) is 2. The molecule has 25 heavy (non-hydrogen) atoms. The minimum atomic E-state index is 0. The number of halogens is 2. The number of nitrogens with two attached hydrogens (primary N) is 1. The van der Waals surface area contributed by atoms with Crippen molar-refractivity contribution in [2.75, 3.05) is 18.8 Å². The minimum Gasteiger partial charge on any atom is -0.399 e. The standard InChI is InChI=1S/C19H29N3O.2ClH/c20-18-8-4-1-5-15(18)9-10-19(23)21-16-11-13-22(14-12-16)17-6-2-3-7-17;;/h1,4-5,8,16-17H,2-3,6-7,9-14,20H2,(H,21,23);2*1H. The molecule has 2 fully saturated rings. The smallest absolute Gasteiger partial charge is 0.220 e. The molecular weight excluding hydrogens is 357 g/mol. The summed E-state index contributed by atoms with van der Waals surface area (Å²) in [6, 6.07) is 8.97. The second kappa shape index (κ2) is 10.9. The summed E-state index contributed by atoms with van der Waals surface area (Å²) in [5, 5.41) is 3.21. The third-order valence-corrected chi connectivity index (χ3v) is 5.41. The average molecular weight is 388 g/mol. The van der Waals surface area contributed by atoms with E-state index < -0.39 is 0 Å². The lowest BCUT2D eigenvalue weighted by molar-refractivity contribution is -0.122. The van der Waals surface area contributed by atoms with Crippen molar-refractivity contribution in [3.05, 3.63) is 29.8 Å². The van der Waals surface area contributed by atoms with E-state index in [1.165, 1.54) is 25.7 Å². The van der Waals surface area contributed by atoms with Gasteiger partial charge in [-0.25, -0.2) is 0 Å². The number of para-hydroxylation sites is 1. The Morgan fingerprint density at radius 2 is 1.72 bits per heavy atom. The van der Waals surface area contributed by atoms with Crippen molar-refractivity contribution >= 4 is 36.4 Å². The van der Waals surface area contributed by atoms with Crippen LogP contribution in [0.5, 0.6) is 0 Å². The summed E-state index contributed by atoms with van der Waals surface area (Å²) in [5.41, 5.74) is 7.78. The lowest BCUT2D eigenvalue weighted by atomic mass is 10.0. The van der Waals surface area contributed by atoms with Crippen LogP contribution in [0.3, 0.4) is 0 Å². The molecule has 1 aliphatic carbocycles. The number of benzene rings is 1. The van der Waals surface area contributed by atoms with Gasteiger partial charge in [-0.1, -0.05) is 31.0 Å². The maximum atomic E-state index is 12.2. The third kappa shape index (κ3) is 6.36. The Bertz CT molecular complexity index is 527. The number of nitrogen functional groups attached to an aromatic ring is 1. The number of rotatable bonds is 5. The number of carbonyl (C=O) groups is 1. The van der Waals surface area contributed by atoms with Crippen molar-refractivity contribution in [2.24, 2.45) is 0 Å². The summed E-state index contributed by atoms with van der Waals surface area (Å²) in [7, 11) is 0. The van der Waals surface area contributed by atoms with E-state index in [0.29, 0.717) is 12.5 Å². The lowest BCUT2D eigenvalue weighted by Crippen LogP contribution is -2.47. The van der Waals surface area contributed by atoms with E-state index in [1.807, 2.05) is 24.3 Å². The third-order valence-electron chi connectivity index (χ3n) is 5.41. The molecule has 1 aromatic rings. The molecule has 4 nitrogen and oxygen atoms in total. The average Bonchev–Trinajstić information content (AvgIpc) is 3.09. The van der Waals surface area contributed by atoms with E-state index in [2.05, 4.69) is 10.2 Å². The van der Waals surface area contributed by atoms with Crippen LogP contribution in [0.2, 0.25) is 0 Å². The van der Waals surface area contributed by atoms with Crippen LogP contribution in [0.4, 0.5) is 5.69 Å². The molecule has 0 spiro atoms. The van der Waals surface area contributed by atoms with Crippen LogP contribution in [-0.2, 0) is 11.2 Å². The van der Waals surface area contributed by atoms with Crippen LogP contribution in [0.25, 0.3) is 0 Å². The van der Waals surface area contributed by atoms with Gasteiger partial charge in [0.15, 0.2) is 0 Å². The summed E-state index contributed by atoms with van der Waals surface area (Å²) in [5.74, 6) is 0.160. The fourth-order valence-electron chi connectivity index (χ4n) is 3.99. The minimum absolute atomic E-state index is 0. The van der Waals surface area contributed by atoms with E-state index in [4.69, 9.17) is 5.73 Å². The molecule has 2 aliphatic rings. The molecule has 0 radical (unpaired) electrons. The molecule has 3 rings (SSSR count). The molecule has 0 bridgehead atoms. The Labute approximate surface area is 163 Å². The Morgan fingerprint density at radius 1 is 1.08 bits per heavy atom. The molecule has 3 N–H and O–H groups in total. The first-order valence-electron chi connectivity index (χ1n) is 9.09. The second-order valence-corrected chi connectivity index (χ2v) is 7.01. The number of piperidine rings is 1. The number of hydrogen-bond acceptors (Lipinski definition) is 3. The monoisotopic (exact) mass is 387 g/mol. The van der Waals surface area contributed by atoms with Gasteiger partial charge in [0.1, 0.15) is 0 Å². The van der Waals surface area contributed by atoms with Gasteiger partial charge < -0.3 is 16.0 Å². The maximum Gasteiger partial charge on any atom is 0.220 e. The summed E-state index contributed by atoms with van der Waals surface area (Å²) in [6.45, 7) is 2.28. The highest BCUT2D eigenvalue weighted by molar-refractivity contribution is 5.85. The van der Waals surface area contributed by atoms with E-state index in [1.54, 1.807) is 0 Å². The number of aryl methyl sites for hydroxylation is 1. The Hall–Kier alpha value is -0.970. The Kier molecular flexibility index (Phi) is 9.62. The number of likely N-dealkylation sites (tertiary alicyclic amines) is 1. The maximum absolute atomic E-state index is 12.2. The van der Waals surface area contributed by atoms with Gasteiger partial charge in [-0.05, 0) is 43.7 Å². The molecule has 1 aromatic carbocycles. The van der Waals surface area contributed by atoms with Crippen LogP contribution in [0, 0.1) is 0 Å². The van der Waals surface area contributed by atoms with Gasteiger partial charge >= 0.3 is 0 Å². The molecule has 1 aliphatic heterocycles. The quantitative estimate of drug-likeness (QED) is 0.759. The number of anilines is 1. The van der Waals surface area contributed by atoms with Crippen molar-refractivity contribution < 1.29 is 4.79 Å². The molecule has 0 atom stereocenters. The fraction of sp³-hybridized carbons (Fsp3) is 0.632. The van der Waals surface area contributed by atoms with E-state index in [0.717, 1.165) is 49.6 Å². The van der Waals surface area contributed by atoms with Crippen LogP contribution in [-0.4, -0.2) is 36.0 Å². The van der Waals surface area contributed by atoms with Crippen LogP contribution in [0.15, 0.2) is 24.3 Å². The van der Waals surface area contributed by atoms with E-state index in [-0.39, 0.29) is 30.7 Å². The number of nitrogens with zero attached hydrogens (tertiary/aromatic N) is 1. The zero-order valence-corrected chi connectivity index (χ0v) is 16.4. The summed E-state index contributed by atoms with van der Waals surface area (Å²) in [4.78, 5) is 14.8. The van der Waals surface area contributed by atoms with Crippen LogP contribution >= 0.6 is 24.8 Å². The normalized spacial score (nSPS) is 19.0. The van der Waals surface area contributed by atoms with Crippen molar-refractivity contribution in [3.63, 3.8) is 0 Å². The number of carbonyl (C=O) groups excluding carboxylic acids is 1. The highest BCUT2D eigenvalue weighted by Crippen LogP contribution is 2.26. The highest BCUT2D eigenvalue weighted by atomic mass is 35.5. The van der Waals surface area contributed by atoms with Crippen LogP contribution < -0.4 is 11.1 Å². The summed E-state index contributed by atoms with van der Waals surface area (Å²) in [6.07, 6.45) is 8.96. The van der Waals surface area contributed by atoms with Crippen molar-refractivity contribution in [3.8, 4) is 0 Å². The molecular formula is C19H31Cl2N3O. The van der Waals surface area contributed by atoms with Gasteiger partial charge in [0, 0.05) is 37.3 Å². The van der Waals surface area contributed by atoms with Gasteiger partial charge in [-0.2, -0.15) is 0 Å². The first kappa shape index (κ1) is 22.1. The lowest BCUT2D eigenvalue weighted by Gasteiger charge is -2.36. The molecule has 1 saturated heterocycles. The Morgan fingerprint density at radius 3 is 2.36 bits per heavy atom. The van der Waals surface area contributed by atoms with Gasteiger partial charge in [0.25, 0.3) is 0 Å². The van der Waals surface area contributed by atoms with Gasteiger partial charge in [-0.15, -0.1) is 24.8 Å². The molecule has 1 heterocycles. The van der Waals surface area contributed by atoms with E-state index >= 15 is 0 Å². The molecule has 6 heteroatoms. The number of nitrogens with one attached hydrogen (secondary N) is 1. The molecule has 0 unspecified atom stereocenters. The van der Waals surface area contributed by atoms with Crippen LogP contribution in [0.1, 0.15) is 50.5 Å². The zero-order valence-electron chi connectivity index (χ0n) is 14.8. The molecule has 1 amide bonds. The topological polar surface area (TPSA) is 58.4 Å². The zero-order chi connectivity index (χ0) is 16.1. The Balaban J connectivity index is 0.00000156.